The summed E-state index contributed by atoms with van der Waals surface area (Å²) in [7, 11) is 0. The van der Waals surface area contributed by atoms with E-state index in [-0.39, 0.29) is 0 Å². The van der Waals surface area contributed by atoms with Gasteiger partial charge in [0, 0.05) is 10.8 Å². The molecule has 26 heavy (non-hydrogen) atoms. The third kappa shape index (κ3) is 3.85. The largest absolute Gasteiger partial charge is 0.297 e. The van der Waals surface area contributed by atoms with Gasteiger partial charge in [-0.25, -0.2) is 0 Å². The predicted molar refractivity (Wildman–Crippen MR) is 110 cm³/mol. The van der Waals surface area contributed by atoms with Gasteiger partial charge in [0.25, 0.3) is 0 Å². The Hall–Kier alpha value is -2.08. The van der Waals surface area contributed by atoms with Gasteiger partial charge in [0.1, 0.15) is 0 Å². The second kappa shape index (κ2) is 8.08. The minimum atomic E-state index is 0.742. The highest BCUT2D eigenvalue weighted by atomic mass is 35.5. The van der Waals surface area contributed by atoms with Crippen LogP contribution in [0.2, 0.25) is 5.02 Å². The maximum atomic E-state index is 6.29. The average molecular weight is 398 g/mol. The van der Waals surface area contributed by atoms with E-state index in [9.17, 15) is 0 Å². The number of nitrogens with zero attached hydrogens (tertiary/aromatic N) is 3. The number of rotatable bonds is 6. The average Bonchev–Trinajstić information content (AvgIpc) is 3.32. The third-order valence-electron chi connectivity index (χ3n) is 3.96. The van der Waals surface area contributed by atoms with Gasteiger partial charge >= 0.3 is 0 Å². The van der Waals surface area contributed by atoms with E-state index in [1.165, 1.54) is 5.56 Å². The molecule has 4 rings (SSSR count). The van der Waals surface area contributed by atoms with E-state index in [0.29, 0.717) is 0 Å². The molecule has 0 aliphatic heterocycles. The Morgan fingerprint density at radius 1 is 0.923 bits per heavy atom. The fourth-order valence-corrected chi connectivity index (χ4v) is 4.59. The normalized spacial score (nSPS) is 11.0. The fourth-order valence-electron chi connectivity index (χ4n) is 2.65. The van der Waals surface area contributed by atoms with E-state index in [1.54, 1.807) is 23.1 Å². The van der Waals surface area contributed by atoms with Crippen LogP contribution in [-0.2, 0) is 12.3 Å². The topological polar surface area (TPSA) is 30.7 Å². The summed E-state index contributed by atoms with van der Waals surface area (Å²) in [4.78, 5) is 1.12. The quantitative estimate of drug-likeness (QED) is 0.374. The molecule has 0 N–H and O–H groups in total. The van der Waals surface area contributed by atoms with Crippen LogP contribution in [0.3, 0.4) is 0 Å². The lowest BCUT2D eigenvalue weighted by molar-refractivity contribution is 0.715. The van der Waals surface area contributed by atoms with Gasteiger partial charge in [-0.15, -0.1) is 21.5 Å². The zero-order chi connectivity index (χ0) is 17.8. The predicted octanol–water partition coefficient (Wildman–Crippen LogP) is 6.00. The van der Waals surface area contributed by atoms with Crippen molar-refractivity contribution < 1.29 is 0 Å². The molecule has 2 heterocycles. The fraction of sp³-hybridized carbons (Fsp3) is 0.100. The Balaban J connectivity index is 1.64. The van der Waals surface area contributed by atoms with E-state index < -0.39 is 0 Å². The number of thiophene rings is 1. The van der Waals surface area contributed by atoms with E-state index in [0.717, 1.165) is 38.7 Å². The summed E-state index contributed by atoms with van der Waals surface area (Å²) >= 11 is 9.63. The molecule has 0 atom stereocenters. The monoisotopic (exact) mass is 397 g/mol. The molecule has 0 saturated heterocycles. The highest BCUT2D eigenvalue weighted by molar-refractivity contribution is 7.98. The molecule has 0 saturated carbocycles. The van der Waals surface area contributed by atoms with Gasteiger partial charge in [0.15, 0.2) is 11.0 Å². The van der Waals surface area contributed by atoms with E-state index >= 15 is 0 Å². The number of halogens is 1. The van der Waals surface area contributed by atoms with Crippen LogP contribution < -0.4 is 0 Å². The highest BCUT2D eigenvalue weighted by Gasteiger charge is 2.16. The Morgan fingerprint density at radius 3 is 2.50 bits per heavy atom. The highest BCUT2D eigenvalue weighted by Crippen LogP contribution is 2.30. The van der Waals surface area contributed by atoms with Crippen LogP contribution in [0.5, 0.6) is 0 Å². The molecule has 3 nitrogen and oxygen atoms in total. The molecule has 0 aliphatic carbocycles. The van der Waals surface area contributed by atoms with Gasteiger partial charge in [-0.2, -0.15) is 0 Å². The van der Waals surface area contributed by atoms with Gasteiger partial charge in [-0.05, 0) is 28.6 Å². The Kier molecular flexibility index (Phi) is 5.39. The molecule has 0 radical (unpaired) electrons. The smallest absolute Gasteiger partial charge is 0.192 e. The molecule has 0 amide bonds. The van der Waals surface area contributed by atoms with Crippen LogP contribution in [0.25, 0.3) is 10.7 Å². The van der Waals surface area contributed by atoms with E-state index in [2.05, 4.69) is 50.5 Å². The number of hydrogen-bond acceptors (Lipinski definition) is 4. The van der Waals surface area contributed by atoms with Gasteiger partial charge in [0.05, 0.1) is 11.4 Å². The molecular formula is C20H16ClN3S2. The van der Waals surface area contributed by atoms with Crippen LogP contribution in [0, 0.1) is 0 Å². The molecule has 0 unspecified atom stereocenters. The Bertz CT molecular complexity index is 981. The van der Waals surface area contributed by atoms with Gasteiger partial charge in [-0.1, -0.05) is 78.0 Å². The first-order chi connectivity index (χ1) is 12.8. The van der Waals surface area contributed by atoms with Gasteiger partial charge in [0.2, 0.25) is 0 Å². The molecule has 0 bridgehead atoms. The summed E-state index contributed by atoms with van der Waals surface area (Å²) in [5, 5.41) is 12.7. The second-order valence-corrected chi connectivity index (χ2v) is 8.03. The van der Waals surface area contributed by atoms with Crippen molar-refractivity contribution in [1.82, 2.24) is 14.8 Å². The molecule has 6 heteroatoms. The van der Waals surface area contributed by atoms with Crippen LogP contribution in [0.1, 0.15) is 11.1 Å². The van der Waals surface area contributed by atoms with E-state index in [1.807, 2.05) is 36.4 Å². The van der Waals surface area contributed by atoms with Crippen molar-refractivity contribution in [1.29, 1.82) is 0 Å². The summed E-state index contributed by atoms with van der Waals surface area (Å²) in [5.41, 5.74) is 2.33. The molecule has 130 valence electrons. The SMILES string of the molecule is Clc1ccccc1CSc1nnc(-c2cccs2)n1Cc1ccccc1. The lowest BCUT2D eigenvalue weighted by Crippen LogP contribution is -2.03. The molecule has 0 aliphatic rings. The molecule has 0 fully saturated rings. The summed E-state index contributed by atoms with van der Waals surface area (Å²) < 4.78 is 2.18. The lowest BCUT2D eigenvalue weighted by atomic mass is 10.2. The number of benzene rings is 2. The standard InChI is InChI=1S/C20H16ClN3S2/c21-17-10-5-4-9-16(17)14-26-20-23-22-19(18-11-6-12-25-18)24(20)13-15-7-2-1-3-8-15/h1-12H,13-14H2. The summed E-state index contributed by atoms with van der Waals surface area (Å²) in [5.74, 6) is 1.67. The number of hydrogen-bond donors (Lipinski definition) is 0. The first-order valence-corrected chi connectivity index (χ1v) is 10.4. The maximum Gasteiger partial charge on any atom is 0.192 e. The van der Waals surface area contributed by atoms with Crippen molar-refractivity contribution in [3.8, 4) is 10.7 Å². The first kappa shape index (κ1) is 17.3. The van der Waals surface area contributed by atoms with Gasteiger partial charge in [-0.3, -0.25) is 4.57 Å². The molecule has 4 aromatic rings. The zero-order valence-electron chi connectivity index (χ0n) is 13.9. The van der Waals surface area contributed by atoms with Crippen molar-refractivity contribution >= 4 is 34.7 Å². The van der Waals surface area contributed by atoms with Crippen molar-refractivity contribution in [2.24, 2.45) is 0 Å². The zero-order valence-corrected chi connectivity index (χ0v) is 16.3. The second-order valence-electron chi connectivity index (χ2n) is 5.74. The Morgan fingerprint density at radius 2 is 1.73 bits per heavy atom. The van der Waals surface area contributed by atoms with Crippen molar-refractivity contribution in [3.05, 3.63) is 88.3 Å². The van der Waals surface area contributed by atoms with E-state index in [4.69, 9.17) is 11.6 Å². The molecule has 0 spiro atoms. The summed E-state index contributed by atoms with van der Waals surface area (Å²) in [6, 6.07) is 22.4. The first-order valence-electron chi connectivity index (χ1n) is 8.18. The molecule has 2 aromatic heterocycles. The third-order valence-corrected chi connectivity index (χ3v) is 6.21. The number of aromatic nitrogens is 3. The van der Waals surface area contributed by atoms with Crippen LogP contribution in [-0.4, -0.2) is 14.8 Å². The van der Waals surface area contributed by atoms with Gasteiger partial charge < -0.3 is 0 Å². The Labute approximate surface area is 165 Å². The van der Waals surface area contributed by atoms with Crippen molar-refractivity contribution in [2.75, 3.05) is 0 Å². The van der Waals surface area contributed by atoms with Crippen LogP contribution >= 0.6 is 34.7 Å². The minimum Gasteiger partial charge on any atom is -0.297 e. The minimum absolute atomic E-state index is 0.742. The lowest BCUT2D eigenvalue weighted by Gasteiger charge is -2.10. The van der Waals surface area contributed by atoms with Crippen molar-refractivity contribution in [3.63, 3.8) is 0 Å². The van der Waals surface area contributed by atoms with Crippen LogP contribution in [0.15, 0.2) is 77.3 Å². The number of thioether (sulfide) groups is 1. The van der Waals surface area contributed by atoms with Crippen LogP contribution in [0.4, 0.5) is 0 Å². The van der Waals surface area contributed by atoms with Crippen molar-refractivity contribution in [2.45, 2.75) is 17.5 Å². The summed E-state index contributed by atoms with van der Waals surface area (Å²) in [6.07, 6.45) is 0. The maximum absolute atomic E-state index is 6.29. The summed E-state index contributed by atoms with van der Waals surface area (Å²) in [6.45, 7) is 0.742. The molecular weight excluding hydrogens is 382 g/mol. The molecule has 2 aromatic carbocycles.